The molecule has 0 aliphatic heterocycles. The third kappa shape index (κ3) is 2.47. The van der Waals surface area contributed by atoms with E-state index >= 15 is 0 Å². The average Bonchev–Trinajstić information content (AvgIpc) is 2.67. The van der Waals surface area contributed by atoms with Crippen molar-refractivity contribution in [3.8, 4) is 0 Å². The molecule has 4 heteroatoms. The lowest BCUT2D eigenvalue weighted by Crippen LogP contribution is -2.18. The fourth-order valence-corrected chi connectivity index (χ4v) is 3.39. The van der Waals surface area contributed by atoms with Crippen molar-refractivity contribution in [2.75, 3.05) is 19.0 Å². The molecule has 1 aromatic heterocycles. The summed E-state index contributed by atoms with van der Waals surface area (Å²) in [5.74, 6) is -0.0937. The topological polar surface area (TPSA) is 53.2 Å². The van der Waals surface area contributed by atoms with E-state index in [-0.39, 0.29) is 11.2 Å². The lowest BCUT2D eigenvalue weighted by atomic mass is 9.97. The number of fused-ring (bicyclic) bond motifs is 2. The van der Waals surface area contributed by atoms with Gasteiger partial charge in [-0.25, -0.2) is 0 Å². The van der Waals surface area contributed by atoms with Crippen LogP contribution in [0.5, 0.6) is 0 Å². The maximum absolute atomic E-state index is 13.2. The fraction of sp³-hybridized carbons (Fsp3) is 0.0909. The number of H-pyrrole nitrogens is 1. The Labute approximate surface area is 150 Å². The summed E-state index contributed by atoms with van der Waals surface area (Å²) >= 11 is 0. The van der Waals surface area contributed by atoms with E-state index in [1.54, 1.807) is 24.3 Å². The number of rotatable bonds is 3. The first-order chi connectivity index (χ1) is 12.6. The van der Waals surface area contributed by atoms with Gasteiger partial charge in [0.1, 0.15) is 0 Å². The monoisotopic (exact) mass is 342 g/mol. The highest BCUT2D eigenvalue weighted by atomic mass is 16.1. The molecule has 0 amide bonds. The highest BCUT2D eigenvalue weighted by Crippen LogP contribution is 2.30. The van der Waals surface area contributed by atoms with E-state index in [4.69, 9.17) is 0 Å². The number of carbonyl (C=O) groups excluding carboxylic acids is 1. The minimum absolute atomic E-state index is 0.0687. The number of benzene rings is 3. The van der Waals surface area contributed by atoms with Crippen LogP contribution in [-0.4, -0.2) is 24.9 Å². The molecule has 0 spiro atoms. The molecule has 0 radical (unpaired) electrons. The summed E-state index contributed by atoms with van der Waals surface area (Å²) < 4.78 is 0. The van der Waals surface area contributed by atoms with Crippen LogP contribution in [0.3, 0.4) is 0 Å². The minimum atomic E-state index is -0.0937. The number of nitrogens with one attached hydrogen (secondary N) is 1. The van der Waals surface area contributed by atoms with Crippen molar-refractivity contribution in [3.63, 3.8) is 0 Å². The largest absolute Gasteiger partial charge is 0.376 e. The van der Waals surface area contributed by atoms with Crippen molar-refractivity contribution in [1.29, 1.82) is 0 Å². The Kier molecular flexibility index (Phi) is 3.81. The Morgan fingerprint density at radius 1 is 0.846 bits per heavy atom. The molecular formula is C22H18N2O2. The van der Waals surface area contributed by atoms with Crippen LogP contribution < -0.4 is 10.3 Å². The van der Waals surface area contributed by atoms with E-state index < -0.39 is 0 Å². The number of anilines is 1. The van der Waals surface area contributed by atoms with Crippen LogP contribution in [0.4, 0.5) is 5.69 Å². The van der Waals surface area contributed by atoms with Crippen molar-refractivity contribution in [3.05, 3.63) is 88.1 Å². The zero-order valence-electron chi connectivity index (χ0n) is 14.6. The molecule has 4 nitrogen and oxygen atoms in total. The van der Waals surface area contributed by atoms with Gasteiger partial charge in [-0.3, -0.25) is 9.59 Å². The number of para-hydroxylation sites is 1. The number of carbonyl (C=O) groups is 1. The fourth-order valence-electron chi connectivity index (χ4n) is 3.39. The highest BCUT2D eigenvalue weighted by Gasteiger charge is 2.20. The van der Waals surface area contributed by atoms with Crippen molar-refractivity contribution in [2.45, 2.75) is 0 Å². The van der Waals surface area contributed by atoms with Gasteiger partial charge in [0.2, 0.25) is 0 Å². The maximum atomic E-state index is 13.2. The first kappa shape index (κ1) is 16.1. The molecule has 26 heavy (non-hydrogen) atoms. The average molecular weight is 342 g/mol. The second-order valence-corrected chi connectivity index (χ2v) is 6.47. The van der Waals surface area contributed by atoms with Gasteiger partial charge in [0.25, 0.3) is 0 Å². The Morgan fingerprint density at radius 2 is 1.54 bits per heavy atom. The molecule has 3 aromatic carbocycles. The Balaban J connectivity index is 2.08. The van der Waals surface area contributed by atoms with Gasteiger partial charge >= 0.3 is 0 Å². The predicted octanol–water partition coefficient (Wildman–Crippen LogP) is 3.98. The predicted molar refractivity (Wildman–Crippen MR) is 106 cm³/mol. The number of ketones is 1. The quantitative estimate of drug-likeness (QED) is 0.453. The molecule has 0 atom stereocenters. The molecule has 0 unspecified atom stereocenters. The SMILES string of the molecule is CN(C)c1c(C(=O)c2ccccc2)ccc2[nH]c3ccccc3c(=O)c12. The number of aromatic nitrogens is 1. The molecule has 0 saturated heterocycles. The Bertz CT molecular complexity index is 1190. The summed E-state index contributed by atoms with van der Waals surface area (Å²) in [6.07, 6.45) is 0. The third-order valence-electron chi connectivity index (χ3n) is 4.57. The van der Waals surface area contributed by atoms with Crippen LogP contribution in [-0.2, 0) is 0 Å². The summed E-state index contributed by atoms with van der Waals surface area (Å²) in [5, 5.41) is 1.16. The second kappa shape index (κ2) is 6.15. The molecular weight excluding hydrogens is 324 g/mol. The number of hydrogen-bond donors (Lipinski definition) is 1. The normalized spacial score (nSPS) is 11.0. The van der Waals surface area contributed by atoms with Crippen LogP contribution >= 0.6 is 0 Å². The summed E-state index contributed by atoms with van der Waals surface area (Å²) in [6, 6.07) is 20.2. The smallest absolute Gasteiger partial charge is 0.199 e. The van der Waals surface area contributed by atoms with Crippen LogP contribution in [0.2, 0.25) is 0 Å². The standard InChI is InChI=1S/C22H18N2O2/c1-24(2)20-16(21(25)14-8-4-3-5-9-14)12-13-18-19(20)22(26)15-10-6-7-11-17(15)23-18/h3-13H,1-2H3,(H,23,26). The van der Waals surface area contributed by atoms with Gasteiger partial charge in [0.15, 0.2) is 11.2 Å². The van der Waals surface area contributed by atoms with Gasteiger partial charge in [0, 0.05) is 36.1 Å². The van der Waals surface area contributed by atoms with Crippen LogP contribution in [0, 0.1) is 0 Å². The van der Waals surface area contributed by atoms with Gasteiger partial charge < -0.3 is 9.88 Å². The summed E-state index contributed by atoms with van der Waals surface area (Å²) in [6.45, 7) is 0. The molecule has 4 rings (SSSR count). The zero-order chi connectivity index (χ0) is 18.3. The Morgan fingerprint density at radius 3 is 2.27 bits per heavy atom. The van der Waals surface area contributed by atoms with Crippen LogP contribution in [0.15, 0.2) is 71.5 Å². The van der Waals surface area contributed by atoms with E-state index in [1.165, 1.54) is 0 Å². The molecule has 0 bridgehead atoms. The summed E-state index contributed by atoms with van der Waals surface area (Å²) in [7, 11) is 3.70. The number of pyridine rings is 1. The number of aromatic amines is 1. The van der Waals surface area contributed by atoms with Gasteiger partial charge in [-0.1, -0.05) is 42.5 Å². The van der Waals surface area contributed by atoms with Crippen molar-refractivity contribution >= 4 is 33.3 Å². The summed E-state index contributed by atoms with van der Waals surface area (Å²) in [5.41, 5.74) is 3.21. The number of nitrogens with zero attached hydrogens (tertiary/aromatic N) is 1. The molecule has 0 saturated carbocycles. The first-order valence-electron chi connectivity index (χ1n) is 8.42. The molecule has 0 aliphatic carbocycles. The Hall–Kier alpha value is -3.40. The molecule has 0 aliphatic rings. The third-order valence-corrected chi connectivity index (χ3v) is 4.57. The molecule has 1 heterocycles. The second-order valence-electron chi connectivity index (χ2n) is 6.47. The van der Waals surface area contributed by atoms with E-state index in [0.717, 1.165) is 11.0 Å². The van der Waals surface area contributed by atoms with Gasteiger partial charge in [-0.05, 0) is 24.3 Å². The van der Waals surface area contributed by atoms with E-state index in [2.05, 4.69) is 4.98 Å². The molecule has 1 N–H and O–H groups in total. The first-order valence-corrected chi connectivity index (χ1v) is 8.42. The highest BCUT2D eigenvalue weighted by molar-refractivity contribution is 6.17. The number of hydrogen-bond acceptors (Lipinski definition) is 3. The van der Waals surface area contributed by atoms with Crippen molar-refractivity contribution in [2.24, 2.45) is 0 Å². The van der Waals surface area contributed by atoms with E-state index in [0.29, 0.717) is 27.6 Å². The lowest BCUT2D eigenvalue weighted by Gasteiger charge is -2.19. The van der Waals surface area contributed by atoms with Crippen molar-refractivity contribution in [1.82, 2.24) is 4.98 Å². The lowest BCUT2D eigenvalue weighted by molar-refractivity contribution is 0.103. The van der Waals surface area contributed by atoms with E-state index in [9.17, 15) is 9.59 Å². The molecule has 128 valence electrons. The van der Waals surface area contributed by atoms with Gasteiger partial charge in [0.05, 0.1) is 16.6 Å². The zero-order valence-corrected chi connectivity index (χ0v) is 14.6. The van der Waals surface area contributed by atoms with Crippen LogP contribution in [0.25, 0.3) is 21.8 Å². The maximum Gasteiger partial charge on any atom is 0.199 e. The van der Waals surface area contributed by atoms with Crippen LogP contribution in [0.1, 0.15) is 15.9 Å². The van der Waals surface area contributed by atoms with Gasteiger partial charge in [-0.2, -0.15) is 0 Å². The molecule has 4 aromatic rings. The summed E-state index contributed by atoms with van der Waals surface area (Å²) in [4.78, 5) is 31.4. The minimum Gasteiger partial charge on any atom is -0.376 e. The van der Waals surface area contributed by atoms with Crippen molar-refractivity contribution < 1.29 is 4.79 Å². The van der Waals surface area contributed by atoms with Gasteiger partial charge in [-0.15, -0.1) is 0 Å². The van der Waals surface area contributed by atoms with E-state index in [1.807, 2.05) is 61.5 Å². The molecule has 0 fully saturated rings.